The van der Waals surface area contributed by atoms with Crippen LogP contribution < -0.4 is 5.32 Å². The van der Waals surface area contributed by atoms with Crippen molar-refractivity contribution in [2.75, 3.05) is 5.32 Å². The third-order valence-electron chi connectivity index (χ3n) is 2.55. The fourth-order valence-electron chi connectivity index (χ4n) is 1.67. The van der Waals surface area contributed by atoms with Crippen LogP contribution >= 0.6 is 15.9 Å². The van der Waals surface area contributed by atoms with Gasteiger partial charge in [0.25, 0.3) is 0 Å². The Kier molecular flexibility index (Phi) is 3.99. The first-order valence-electron chi connectivity index (χ1n) is 5.47. The van der Waals surface area contributed by atoms with Crippen LogP contribution in [-0.2, 0) is 4.79 Å². The van der Waals surface area contributed by atoms with Crippen LogP contribution in [0.1, 0.15) is 11.6 Å². The predicted octanol–water partition coefficient (Wildman–Crippen LogP) is 3.69. The summed E-state index contributed by atoms with van der Waals surface area (Å²) < 4.78 is 0.840. The number of hydrogen-bond acceptors (Lipinski definition) is 2. The molecule has 0 radical (unpaired) electrons. The molecule has 0 saturated heterocycles. The van der Waals surface area contributed by atoms with Crippen LogP contribution in [0.25, 0.3) is 0 Å². The van der Waals surface area contributed by atoms with Gasteiger partial charge in [-0.2, -0.15) is 0 Å². The minimum Gasteiger partial charge on any atom is -0.479 e. The topological polar surface area (TPSA) is 49.3 Å². The summed E-state index contributed by atoms with van der Waals surface area (Å²) in [6.07, 6.45) is 0. The van der Waals surface area contributed by atoms with Gasteiger partial charge in [0.2, 0.25) is 0 Å². The number of anilines is 1. The molecule has 2 aromatic carbocycles. The van der Waals surface area contributed by atoms with Gasteiger partial charge in [-0.05, 0) is 33.6 Å². The van der Waals surface area contributed by atoms with Gasteiger partial charge in [-0.25, -0.2) is 4.79 Å². The van der Waals surface area contributed by atoms with Gasteiger partial charge in [-0.3, -0.25) is 0 Å². The summed E-state index contributed by atoms with van der Waals surface area (Å²) >= 11 is 3.39. The molecule has 0 bridgehead atoms. The largest absolute Gasteiger partial charge is 0.479 e. The first-order valence-corrected chi connectivity index (χ1v) is 6.26. The highest BCUT2D eigenvalue weighted by Crippen LogP contribution is 2.26. The molecular formula is C14H12BrNO2. The first kappa shape index (κ1) is 12.6. The molecule has 1 unspecified atom stereocenters. The molecule has 0 heterocycles. The normalized spacial score (nSPS) is 11.8. The van der Waals surface area contributed by atoms with E-state index in [9.17, 15) is 9.90 Å². The van der Waals surface area contributed by atoms with Gasteiger partial charge in [-0.1, -0.05) is 42.5 Å². The molecule has 92 valence electrons. The highest BCUT2D eigenvalue weighted by atomic mass is 79.9. The molecule has 0 spiro atoms. The van der Waals surface area contributed by atoms with Crippen molar-refractivity contribution < 1.29 is 9.90 Å². The van der Waals surface area contributed by atoms with Crippen molar-refractivity contribution in [1.29, 1.82) is 0 Å². The Balaban J connectivity index is 2.28. The molecule has 18 heavy (non-hydrogen) atoms. The van der Waals surface area contributed by atoms with Gasteiger partial charge >= 0.3 is 5.97 Å². The third kappa shape index (κ3) is 2.90. The number of nitrogens with one attached hydrogen (secondary N) is 1. The highest BCUT2D eigenvalue weighted by molar-refractivity contribution is 9.10. The Hall–Kier alpha value is -1.81. The van der Waals surface area contributed by atoms with E-state index in [2.05, 4.69) is 21.2 Å². The number of carboxylic acids is 1. The zero-order chi connectivity index (χ0) is 13.0. The van der Waals surface area contributed by atoms with Crippen LogP contribution in [0.2, 0.25) is 0 Å². The van der Waals surface area contributed by atoms with Gasteiger partial charge < -0.3 is 10.4 Å². The van der Waals surface area contributed by atoms with Crippen LogP contribution in [0.15, 0.2) is 59.1 Å². The molecule has 0 saturated carbocycles. The minimum atomic E-state index is -0.906. The van der Waals surface area contributed by atoms with Crippen molar-refractivity contribution in [3.63, 3.8) is 0 Å². The maximum absolute atomic E-state index is 11.3. The minimum absolute atomic E-state index is 0.723. The Morgan fingerprint density at radius 2 is 1.67 bits per heavy atom. The molecular weight excluding hydrogens is 294 g/mol. The number of carbonyl (C=O) groups is 1. The predicted molar refractivity (Wildman–Crippen MR) is 74.6 cm³/mol. The van der Waals surface area contributed by atoms with Crippen molar-refractivity contribution in [2.45, 2.75) is 6.04 Å². The van der Waals surface area contributed by atoms with E-state index in [0.29, 0.717) is 0 Å². The van der Waals surface area contributed by atoms with E-state index < -0.39 is 12.0 Å². The van der Waals surface area contributed by atoms with E-state index in [1.54, 1.807) is 12.1 Å². The summed E-state index contributed by atoms with van der Waals surface area (Å²) in [5, 5.41) is 12.3. The number of carboxylic acid groups (broad SMARTS) is 1. The summed E-state index contributed by atoms with van der Waals surface area (Å²) in [5.74, 6) is -0.906. The van der Waals surface area contributed by atoms with E-state index in [1.807, 2.05) is 42.5 Å². The molecule has 2 N–H and O–H groups in total. The van der Waals surface area contributed by atoms with E-state index in [1.165, 1.54) is 0 Å². The van der Waals surface area contributed by atoms with E-state index in [0.717, 1.165) is 15.7 Å². The Bertz CT molecular complexity index is 543. The van der Waals surface area contributed by atoms with Gasteiger partial charge in [0.05, 0.1) is 0 Å². The fraction of sp³-hybridized carbons (Fsp3) is 0.0714. The molecule has 0 aliphatic rings. The molecule has 2 aromatic rings. The second-order valence-electron chi connectivity index (χ2n) is 3.81. The molecule has 3 nitrogen and oxygen atoms in total. The summed E-state index contributed by atoms with van der Waals surface area (Å²) in [4.78, 5) is 11.3. The smallest absolute Gasteiger partial charge is 0.330 e. The van der Waals surface area contributed by atoms with Gasteiger partial charge in [0.15, 0.2) is 6.04 Å². The second kappa shape index (κ2) is 5.69. The molecule has 1 atom stereocenters. The van der Waals surface area contributed by atoms with Crippen LogP contribution in [0.5, 0.6) is 0 Å². The third-order valence-corrected chi connectivity index (χ3v) is 3.25. The summed E-state index contributed by atoms with van der Waals surface area (Å²) in [7, 11) is 0. The standard InChI is InChI=1S/C14H12BrNO2/c15-11-8-4-5-9-12(11)16-13(14(17)18)10-6-2-1-3-7-10/h1-9,13,16H,(H,17,18). The number of aliphatic carboxylic acids is 1. The van der Waals surface area contributed by atoms with E-state index >= 15 is 0 Å². The summed E-state index contributed by atoms with van der Waals surface area (Å²) in [5.41, 5.74) is 1.48. The molecule has 0 aliphatic heterocycles. The van der Waals surface area contributed by atoms with E-state index in [4.69, 9.17) is 0 Å². The number of halogens is 1. The Labute approximate surface area is 114 Å². The Morgan fingerprint density at radius 1 is 1.06 bits per heavy atom. The lowest BCUT2D eigenvalue weighted by Gasteiger charge is -2.17. The second-order valence-corrected chi connectivity index (χ2v) is 4.66. The van der Waals surface area contributed by atoms with Crippen molar-refractivity contribution in [3.8, 4) is 0 Å². The quantitative estimate of drug-likeness (QED) is 0.906. The van der Waals surface area contributed by atoms with Gasteiger partial charge in [0.1, 0.15) is 0 Å². The summed E-state index contributed by atoms with van der Waals surface area (Å²) in [6, 6.07) is 15.8. The van der Waals surface area contributed by atoms with Crippen molar-refractivity contribution in [2.24, 2.45) is 0 Å². The highest BCUT2D eigenvalue weighted by Gasteiger charge is 2.19. The SMILES string of the molecule is O=C(O)C(Nc1ccccc1Br)c1ccccc1. The first-order chi connectivity index (χ1) is 8.68. The Morgan fingerprint density at radius 3 is 2.28 bits per heavy atom. The molecule has 4 heteroatoms. The molecule has 0 aromatic heterocycles. The number of hydrogen-bond donors (Lipinski definition) is 2. The zero-order valence-electron chi connectivity index (χ0n) is 9.51. The average molecular weight is 306 g/mol. The maximum atomic E-state index is 11.3. The fourth-order valence-corrected chi connectivity index (χ4v) is 2.07. The molecule has 0 amide bonds. The molecule has 0 aliphatic carbocycles. The van der Waals surface area contributed by atoms with Gasteiger partial charge in [-0.15, -0.1) is 0 Å². The van der Waals surface area contributed by atoms with E-state index in [-0.39, 0.29) is 0 Å². The number of benzene rings is 2. The molecule has 2 rings (SSSR count). The lowest BCUT2D eigenvalue weighted by Crippen LogP contribution is -2.20. The zero-order valence-corrected chi connectivity index (χ0v) is 11.1. The van der Waals surface area contributed by atoms with Crippen molar-refractivity contribution >= 4 is 27.6 Å². The lowest BCUT2D eigenvalue weighted by atomic mass is 10.1. The van der Waals surface area contributed by atoms with Crippen molar-refractivity contribution in [1.82, 2.24) is 0 Å². The van der Waals surface area contributed by atoms with Crippen LogP contribution in [0.3, 0.4) is 0 Å². The van der Waals surface area contributed by atoms with Crippen LogP contribution in [0.4, 0.5) is 5.69 Å². The summed E-state index contributed by atoms with van der Waals surface area (Å²) in [6.45, 7) is 0. The van der Waals surface area contributed by atoms with Crippen LogP contribution in [0, 0.1) is 0 Å². The monoisotopic (exact) mass is 305 g/mol. The van der Waals surface area contributed by atoms with Crippen LogP contribution in [-0.4, -0.2) is 11.1 Å². The molecule has 0 fully saturated rings. The average Bonchev–Trinajstić information content (AvgIpc) is 2.38. The maximum Gasteiger partial charge on any atom is 0.330 e. The number of para-hydroxylation sites is 1. The number of rotatable bonds is 4. The lowest BCUT2D eigenvalue weighted by molar-refractivity contribution is -0.138. The van der Waals surface area contributed by atoms with Gasteiger partial charge in [0, 0.05) is 10.2 Å². The van der Waals surface area contributed by atoms with Crippen molar-refractivity contribution in [3.05, 3.63) is 64.6 Å².